The van der Waals surface area contributed by atoms with Crippen LogP contribution in [0.1, 0.15) is 81.6 Å². The zero-order chi connectivity index (χ0) is 34.3. The van der Waals surface area contributed by atoms with Crippen molar-refractivity contribution < 1.29 is 32.4 Å². The largest absolute Gasteiger partial charge is 0.353 e. The molecule has 3 aliphatic rings. The summed E-state index contributed by atoms with van der Waals surface area (Å²) < 4.78 is 26.4. The predicted octanol–water partition coefficient (Wildman–Crippen LogP) is 1.23. The lowest BCUT2D eigenvalue weighted by Crippen LogP contribution is -2.62. The molecule has 6 atom stereocenters. The lowest BCUT2D eigenvalue weighted by atomic mass is 9.85. The molecule has 5 amide bonds. The van der Waals surface area contributed by atoms with Crippen molar-refractivity contribution in [1.82, 2.24) is 30.5 Å². The molecule has 1 aliphatic carbocycles. The Balaban J connectivity index is 1.82. The molecule has 256 valence electrons. The van der Waals surface area contributed by atoms with Gasteiger partial charge in [0.15, 0.2) is 0 Å². The van der Waals surface area contributed by atoms with Crippen molar-refractivity contribution in [2.24, 2.45) is 28.1 Å². The highest BCUT2D eigenvalue weighted by Crippen LogP contribution is 2.65. The number of nitrogens with zero attached hydrogens (tertiary/aromatic N) is 2. The van der Waals surface area contributed by atoms with E-state index in [-0.39, 0.29) is 36.0 Å². The monoisotopic (exact) mass is 654 g/mol. The van der Waals surface area contributed by atoms with Crippen LogP contribution in [0.2, 0.25) is 0 Å². The molecular weight excluding hydrogens is 600 g/mol. The Morgan fingerprint density at radius 2 is 1.58 bits per heavy atom. The minimum atomic E-state index is -3.38. The molecule has 1 unspecified atom stereocenters. The van der Waals surface area contributed by atoms with E-state index in [2.05, 4.69) is 21.3 Å². The fourth-order valence-electron chi connectivity index (χ4n) is 6.69. The van der Waals surface area contributed by atoms with E-state index in [1.165, 1.54) is 16.3 Å². The maximum absolute atomic E-state index is 14.3. The number of ketones is 1. The third-order valence-corrected chi connectivity index (χ3v) is 11.7. The number of piperidine rings is 1. The summed E-state index contributed by atoms with van der Waals surface area (Å²) in [6.45, 7) is 18.0. The second-order valence-corrected chi connectivity index (χ2v) is 17.6. The SMILES string of the molecule is CCCC(NC(=O)[C@@H]1[C@@H]2[C@H](CN1C(=O)[C@@H](NC(=O)N[C@H](CN1CCCS1(=O)=O)C(C)(C)C)C(C)(C)C)C2(C)C)C(=O)C(=O)NC. The third-order valence-electron chi connectivity index (χ3n) is 9.75. The minimum Gasteiger partial charge on any atom is -0.353 e. The molecule has 4 N–H and O–H groups in total. The smallest absolute Gasteiger partial charge is 0.315 e. The number of rotatable bonds is 11. The van der Waals surface area contributed by atoms with E-state index < -0.39 is 74.6 Å². The van der Waals surface area contributed by atoms with E-state index in [1.54, 1.807) is 0 Å². The highest BCUT2D eigenvalue weighted by molar-refractivity contribution is 7.89. The molecule has 2 saturated heterocycles. The summed E-state index contributed by atoms with van der Waals surface area (Å²) in [6, 6.07) is -4.04. The second-order valence-electron chi connectivity index (χ2n) is 15.5. The third kappa shape index (κ3) is 7.98. The van der Waals surface area contributed by atoms with E-state index in [0.29, 0.717) is 25.9 Å². The summed E-state index contributed by atoms with van der Waals surface area (Å²) in [7, 11) is -2.02. The highest BCUT2D eigenvalue weighted by Gasteiger charge is 2.70. The standard InChI is InChI=1S/C31H54N6O7S/c1-11-13-19(23(38)26(40)32-10)33-25(39)22-21-18(31(21,8)9)16-37(22)27(41)24(30(5,6)7)35-28(42)34-20(29(2,3)4)17-36-14-12-15-45(36,43)44/h18-22,24H,11-17H2,1-10H3,(H,32,40)(H,33,39)(H2,34,35,42)/t18-,19?,20+,21-,22-,24+/m0/s1. The van der Waals surface area contributed by atoms with Crippen molar-refractivity contribution in [3.8, 4) is 0 Å². The van der Waals surface area contributed by atoms with Gasteiger partial charge in [0, 0.05) is 32.7 Å². The quantitative estimate of drug-likeness (QED) is 0.243. The molecule has 0 aromatic heterocycles. The van der Waals surface area contributed by atoms with Gasteiger partial charge >= 0.3 is 6.03 Å². The lowest BCUT2D eigenvalue weighted by molar-refractivity contribution is -0.145. The van der Waals surface area contributed by atoms with Crippen LogP contribution in [0.25, 0.3) is 0 Å². The first-order chi connectivity index (χ1) is 20.6. The molecule has 2 aliphatic heterocycles. The number of carbonyl (C=O) groups is 5. The van der Waals surface area contributed by atoms with Gasteiger partial charge in [-0.05, 0) is 40.9 Å². The number of hydrogen-bond acceptors (Lipinski definition) is 7. The first-order valence-electron chi connectivity index (χ1n) is 16.0. The van der Waals surface area contributed by atoms with Crippen LogP contribution >= 0.6 is 0 Å². The summed E-state index contributed by atoms with van der Waals surface area (Å²) in [6.07, 6.45) is 1.37. The first kappa shape index (κ1) is 36.7. The lowest BCUT2D eigenvalue weighted by Gasteiger charge is -2.39. The Morgan fingerprint density at radius 1 is 0.956 bits per heavy atom. The molecule has 14 heteroatoms. The van der Waals surface area contributed by atoms with Gasteiger partial charge in [0.1, 0.15) is 12.1 Å². The van der Waals surface area contributed by atoms with Crippen molar-refractivity contribution in [1.29, 1.82) is 0 Å². The molecule has 2 heterocycles. The number of fused-ring (bicyclic) bond motifs is 1. The zero-order valence-corrected chi connectivity index (χ0v) is 29.4. The van der Waals surface area contributed by atoms with Gasteiger partial charge < -0.3 is 26.2 Å². The van der Waals surface area contributed by atoms with Crippen LogP contribution in [0, 0.1) is 28.1 Å². The van der Waals surface area contributed by atoms with Crippen LogP contribution in [0.5, 0.6) is 0 Å². The van der Waals surface area contributed by atoms with Gasteiger partial charge in [-0.25, -0.2) is 13.2 Å². The number of carbonyl (C=O) groups excluding carboxylic acids is 5. The molecule has 0 aromatic rings. The number of hydrogen-bond donors (Lipinski definition) is 4. The Kier molecular flexibility index (Phi) is 10.7. The Bertz CT molecular complexity index is 1290. The Hall–Kier alpha value is -2.74. The molecule has 13 nitrogen and oxygen atoms in total. The molecule has 45 heavy (non-hydrogen) atoms. The van der Waals surface area contributed by atoms with Crippen LogP contribution in [0.4, 0.5) is 4.79 Å². The predicted molar refractivity (Wildman–Crippen MR) is 170 cm³/mol. The summed E-state index contributed by atoms with van der Waals surface area (Å²) >= 11 is 0. The average molecular weight is 655 g/mol. The fraction of sp³-hybridized carbons (Fsp3) is 0.839. The van der Waals surface area contributed by atoms with Gasteiger partial charge in [-0.2, -0.15) is 4.31 Å². The number of sulfonamides is 1. The van der Waals surface area contributed by atoms with E-state index in [9.17, 15) is 32.4 Å². The maximum atomic E-state index is 14.3. The molecule has 0 bridgehead atoms. The molecule has 1 saturated carbocycles. The van der Waals surface area contributed by atoms with Crippen LogP contribution in [-0.2, 0) is 29.2 Å². The molecule has 0 aromatic carbocycles. The van der Waals surface area contributed by atoms with Crippen molar-refractivity contribution in [2.45, 2.75) is 106 Å². The first-order valence-corrected chi connectivity index (χ1v) is 17.6. The molecule has 3 fully saturated rings. The van der Waals surface area contributed by atoms with Crippen molar-refractivity contribution in [3.05, 3.63) is 0 Å². The van der Waals surface area contributed by atoms with Gasteiger partial charge in [-0.3, -0.25) is 19.2 Å². The normalized spacial score (nSPS) is 25.8. The van der Waals surface area contributed by atoms with E-state index in [0.717, 1.165) is 0 Å². The maximum Gasteiger partial charge on any atom is 0.315 e. The fourth-order valence-corrected chi connectivity index (χ4v) is 8.23. The Labute approximate surface area is 268 Å². The Morgan fingerprint density at radius 3 is 2.07 bits per heavy atom. The van der Waals surface area contributed by atoms with Crippen molar-refractivity contribution >= 4 is 39.6 Å². The number of likely N-dealkylation sites (N-methyl/N-ethyl adjacent to an activating group) is 1. The summed E-state index contributed by atoms with van der Waals surface area (Å²) in [5.41, 5.74) is -1.42. The summed E-state index contributed by atoms with van der Waals surface area (Å²) in [4.78, 5) is 67.9. The summed E-state index contributed by atoms with van der Waals surface area (Å²) in [5, 5.41) is 10.8. The van der Waals surface area contributed by atoms with E-state index >= 15 is 0 Å². The summed E-state index contributed by atoms with van der Waals surface area (Å²) in [5.74, 6) is -2.43. The highest BCUT2D eigenvalue weighted by atomic mass is 32.2. The van der Waals surface area contributed by atoms with Crippen molar-refractivity contribution in [3.63, 3.8) is 0 Å². The number of urea groups is 1. The second kappa shape index (κ2) is 13.2. The molecule has 0 radical (unpaired) electrons. The zero-order valence-electron chi connectivity index (χ0n) is 28.6. The minimum absolute atomic E-state index is 0.0681. The van der Waals surface area contributed by atoms with E-state index in [1.807, 2.05) is 62.3 Å². The number of likely N-dealkylation sites (tertiary alicyclic amines) is 1. The van der Waals surface area contributed by atoms with Gasteiger partial charge in [0.25, 0.3) is 5.91 Å². The number of nitrogens with one attached hydrogen (secondary N) is 4. The van der Waals surface area contributed by atoms with Gasteiger partial charge in [-0.15, -0.1) is 0 Å². The van der Waals surface area contributed by atoms with Crippen LogP contribution in [0.15, 0.2) is 0 Å². The molecular formula is C31H54N6O7S. The van der Waals surface area contributed by atoms with E-state index in [4.69, 9.17) is 0 Å². The number of amides is 5. The number of Topliss-reactive ketones (excluding diaryl/α,β-unsaturated/α-hetero) is 1. The average Bonchev–Trinajstić information content (AvgIpc) is 3.22. The topological polar surface area (TPSA) is 174 Å². The van der Waals surface area contributed by atoms with Gasteiger partial charge in [-0.1, -0.05) is 68.7 Å². The molecule has 3 rings (SSSR count). The van der Waals surface area contributed by atoms with Crippen LogP contribution < -0.4 is 21.3 Å². The molecule has 0 spiro atoms. The van der Waals surface area contributed by atoms with Gasteiger partial charge in [0.2, 0.25) is 27.6 Å². The van der Waals surface area contributed by atoms with Crippen LogP contribution in [-0.4, -0.2) is 104 Å². The van der Waals surface area contributed by atoms with Crippen LogP contribution in [0.3, 0.4) is 0 Å². The van der Waals surface area contributed by atoms with Crippen molar-refractivity contribution in [2.75, 3.05) is 32.4 Å². The van der Waals surface area contributed by atoms with Gasteiger partial charge in [0.05, 0.1) is 11.8 Å².